The van der Waals surface area contributed by atoms with E-state index in [4.69, 9.17) is 10.2 Å². The summed E-state index contributed by atoms with van der Waals surface area (Å²) in [5.74, 6) is -3.46. The SMILES string of the molecule is C=C1C=CC(C(=O)O)CC1C(=O)O. The molecule has 70 valence electrons. The Balaban J connectivity index is 2.82. The molecule has 1 aliphatic rings. The lowest BCUT2D eigenvalue weighted by atomic mass is 9.84. The predicted molar refractivity (Wildman–Crippen MR) is 45.1 cm³/mol. The van der Waals surface area contributed by atoms with Crippen molar-refractivity contribution in [1.29, 1.82) is 0 Å². The third-order valence-corrected chi connectivity index (χ3v) is 2.10. The average molecular weight is 182 g/mol. The van der Waals surface area contributed by atoms with Crippen LogP contribution in [0.4, 0.5) is 0 Å². The Morgan fingerprint density at radius 2 is 2.00 bits per heavy atom. The van der Waals surface area contributed by atoms with Crippen molar-refractivity contribution in [2.45, 2.75) is 6.42 Å². The van der Waals surface area contributed by atoms with E-state index in [9.17, 15) is 9.59 Å². The summed E-state index contributed by atoms with van der Waals surface area (Å²) in [6.45, 7) is 3.55. The average Bonchev–Trinajstić information content (AvgIpc) is 2.04. The summed E-state index contributed by atoms with van der Waals surface area (Å²) in [6.07, 6.45) is 3.05. The highest BCUT2D eigenvalue weighted by atomic mass is 16.4. The molecule has 0 aromatic heterocycles. The second-order valence-corrected chi connectivity index (χ2v) is 3.01. The van der Waals surface area contributed by atoms with Crippen LogP contribution in [0.15, 0.2) is 24.3 Å². The quantitative estimate of drug-likeness (QED) is 0.665. The van der Waals surface area contributed by atoms with E-state index >= 15 is 0 Å². The van der Waals surface area contributed by atoms with Gasteiger partial charge in [-0.3, -0.25) is 9.59 Å². The number of aliphatic carboxylic acids is 2. The Morgan fingerprint density at radius 3 is 2.46 bits per heavy atom. The molecule has 4 heteroatoms. The van der Waals surface area contributed by atoms with E-state index in [1.807, 2.05) is 0 Å². The molecule has 0 radical (unpaired) electrons. The standard InChI is InChI=1S/C9H10O4/c1-5-2-3-6(8(10)11)4-7(5)9(12)13/h2-3,6-7H,1,4H2,(H,10,11)(H,12,13). The molecule has 0 heterocycles. The van der Waals surface area contributed by atoms with Crippen molar-refractivity contribution in [3.63, 3.8) is 0 Å². The lowest BCUT2D eigenvalue weighted by Crippen LogP contribution is -2.25. The fraction of sp³-hybridized carbons (Fsp3) is 0.333. The van der Waals surface area contributed by atoms with Gasteiger partial charge < -0.3 is 10.2 Å². The van der Waals surface area contributed by atoms with E-state index in [0.717, 1.165) is 0 Å². The predicted octanol–water partition coefficient (Wildman–Crippen LogP) is 0.904. The Kier molecular flexibility index (Phi) is 2.51. The number of carboxylic acid groups (broad SMARTS) is 2. The summed E-state index contributed by atoms with van der Waals surface area (Å²) >= 11 is 0. The van der Waals surface area contributed by atoms with Gasteiger partial charge in [0.15, 0.2) is 0 Å². The smallest absolute Gasteiger partial charge is 0.310 e. The van der Waals surface area contributed by atoms with Gasteiger partial charge in [0.25, 0.3) is 0 Å². The first kappa shape index (κ1) is 9.51. The van der Waals surface area contributed by atoms with Gasteiger partial charge in [0.1, 0.15) is 0 Å². The van der Waals surface area contributed by atoms with Crippen LogP contribution in [0.3, 0.4) is 0 Å². The Morgan fingerprint density at radius 1 is 1.38 bits per heavy atom. The number of rotatable bonds is 2. The van der Waals surface area contributed by atoms with Crippen LogP contribution in [-0.4, -0.2) is 22.2 Å². The second-order valence-electron chi connectivity index (χ2n) is 3.01. The van der Waals surface area contributed by atoms with Crippen LogP contribution in [0.25, 0.3) is 0 Å². The van der Waals surface area contributed by atoms with Crippen molar-refractivity contribution in [2.75, 3.05) is 0 Å². The van der Waals surface area contributed by atoms with Gasteiger partial charge >= 0.3 is 11.9 Å². The Labute approximate surface area is 75.2 Å². The van der Waals surface area contributed by atoms with Crippen molar-refractivity contribution in [3.05, 3.63) is 24.3 Å². The normalized spacial score (nSPS) is 27.2. The number of hydrogen-bond donors (Lipinski definition) is 2. The van der Waals surface area contributed by atoms with Gasteiger partial charge in [-0.05, 0) is 12.0 Å². The van der Waals surface area contributed by atoms with Crippen LogP contribution in [0.5, 0.6) is 0 Å². The van der Waals surface area contributed by atoms with Crippen molar-refractivity contribution < 1.29 is 19.8 Å². The number of carboxylic acids is 2. The van der Waals surface area contributed by atoms with Crippen LogP contribution >= 0.6 is 0 Å². The van der Waals surface area contributed by atoms with Gasteiger partial charge in [0.05, 0.1) is 11.8 Å². The minimum Gasteiger partial charge on any atom is -0.481 e. The van der Waals surface area contributed by atoms with Crippen LogP contribution in [0.1, 0.15) is 6.42 Å². The minimum atomic E-state index is -1.01. The summed E-state index contributed by atoms with van der Waals surface area (Å²) in [4.78, 5) is 21.2. The van der Waals surface area contributed by atoms with E-state index in [1.54, 1.807) is 0 Å². The van der Waals surface area contributed by atoms with Gasteiger partial charge in [0.2, 0.25) is 0 Å². The van der Waals surface area contributed by atoms with Gasteiger partial charge in [-0.2, -0.15) is 0 Å². The van der Waals surface area contributed by atoms with Crippen LogP contribution < -0.4 is 0 Å². The van der Waals surface area contributed by atoms with E-state index in [0.29, 0.717) is 5.57 Å². The molecule has 0 saturated heterocycles. The number of carbonyl (C=O) groups is 2. The monoisotopic (exact) mass is 182 g/mol. The molecular weight excluding hydrogens is 172 g/mol. The number of allylic oxidation sites excluding steroid dienone is 1. The topological polar surface area (TPSA) is 74.6 Å². The molecule has 0 aliphatic heterocycles. The minimum absolute atomic E-state index is 0.0972. The van der Waals surface area contributed by atoms with Crippen LogP contribution in [-0.2, 0) is 9.59 Å². The van der Waals surface area contributed by atoms with E-state index in [1.165, 1.54) is 12.2 Å². The Hall–Kier alpha value is -1.58. The molecule has 2 atom stereocenters. The summed E-state index contributed by atoms with van der Waals surface area (Å²) < 4.78 is 0. The maximum atomic E-state index is 10.6. The molecule has 1 aliphatic carbocycles. The van der Waals surface area contributed by atoms with Gasteiger partial charge in [0, 0.05) is 0 Å². The maximum absolute atomic E-state index is 10.6. The van der Waals surface area contributed by atoms with Gasteiger partial charge in [-0.15, -0.1) is 0 Å². The first-order chi connectivity index (χ1) is 6.02. The largest absolute Gasteiger partial charge is 0.481 e. The zero-order valence-electron chi connectivity index (χ0n) is 6.93. The molecule has 0 amide bonds. The lowest BCUT2D eigenvalue weighted by Gasteiger charge is -2.20. The van der Waals surface area contributed by atoms with Crippen molar-refractivity contribution in [2.24, 2.45) is 11.8 Å². The Bertz CT molecular complexity index is 290. The van der Waals surface area contributed by atoms with Crippen molar-refractivity contribution in [1.82, 2.24) is 0 Å². The first-order valence-electron chi connectivity index (χ1n) is 3.85. The molecule has 2 N–H and O–H groups in total. The van der Waals surface area contributed by atoms with E-state index < -0.39 is 23.8 Å². The molecule has 1 rings (SSSR count). The summed E-state index contributed by atoms with van der Waals surface area (Å²) in [6, 6.07) is 0. The molecule has 0 aromatic carbocycles. The molecule has 0 saturated carbocycles. The lowest BCUT2D eigenvalue weighted by molar-refractivity contribution is -0.143. The zero-order valence-corrected chi connectivity index (χ0v) is 6.93. The van der Waals surface area contributed by atoms with Crippen LogP contribution in [0, 0.1) is 11.8 Å². The van der Waals surface area contributed by atoms with Gasteiger partial charge in [-0.25, -0.2) is 0 Å². The van der Waals surface area contributed by atoms with E-state index in [-0.39, 0.29) is 6.42 Å². The number of hydrogen-bond acceptors (Lipinski definition) is 2. The molecule has 0 aromatic rings. The van der Waals surface area contributed by atoms with Crippen LogP contribution in [0.2, 0.25) is 0 Å². The molecular formula is C9H10O4. The molecule has 2 unspecified atom stereocenters. The highest BCUT2D eigenvalue weighted by molar-refractivity contribution is 5.79. The molecule has 0 spiro atoms. The summed E-state index contributed by atoms with van der Waals surface area (Å²) in [5, 5.41) is 17.4. The summed E-state index contributed by atoms with van der Waals surface area (Å²) in [7, 11) is 0. The van der Waals surface area contributed by atoms with Crippen molar-refractivity contribution >= 4 is 11.9 Å². The highest BCUT2D eigenvalue weighted by Crippen LogP contribution is 2.27. The molecule has 0 fully saturated rings. The van der Waals surface area contributed by atoms with E-state index in [2.05, 4.69) is 6.58 Å². The summed E-state index contributed by atoms with van der Waals surface area (Å²) in [5.41, 5.74) is 0.463. The maximum Gasteiger partial charge on any atom is 0.310 e. The fourth-order valence-electron chi connectivity index (χ4n) is 1.28. The second kappa shape index (κ2) is 3.43. The third kappa shape index (κ3) is 1.96. The van der Waals surface area contributed by atoms with Crippen molar-refractivity contribution in [3.8, 4) is 0 Å². The third-order valence-electron chi connectivity index (χ3n) is 2.10. The first-order valence-corrected chi connectivity index (χ1v) is 3.85. The van der Waals surface area contributed by atoms with Gasteiger partial charge in [-0.1, -0.05) is 18.7 Å². The molecule has 13 heavy (non-hydrogen) atoms. The molecule has 4 nitrogen and oxygen atoms in total. The fourth-order valence-corrected chi connectivity index (χ4v) is 1.28. The zero-order chi connectivity index (χ0) is 10.0. The molecule has 0 bridgehead atoms. The highest BCUT2D eigenvalue weighted by Gasteiger charge is 2.29.